The maximum absolute atomic E-state index is 12.8. The molecule has 1 heterocycles. The van der Waals surface area contributed by atoms with Gasteiger partial charge >= 0.3 is 5.97 Å². The minimum absolute atomic E-state index is 0.00469. The van der Waals surface area contributed by atoms with E-state index >= 15 is 0 Å². The first kappa shape index (κ1) is 17.4. The lowest BCUT2D eigenvalue weighted by atomic mass is 10.0. The van der Waals surface area contributed by atoms with E-state index in [2.05, 4.69) is 0 Å². The fourth-order valence-corrected chi connectivity index (χ4v) is 4.38. The van der Waals surface area contributed by atoms with E-state index in [1.807, 2.05) is 0 Å². The van der Waals surface area contributed by atoms with Crippen LogP contribution in [0.2, 0.25) is 0 Å². The average Bonchev–Trinajstić information content (AvgIpc) is 2.96. The second kappa shape index (κ2) is 6.29. The SMILES string of the molecule is CCC(=O)N1CCN(S(=O)(=O)c2ccc(C)c(C(=O)O)c2C)C1. The Morgan fingerprint density at radius 3 is 2.43 bits per heavy atom. The van der Waals surface area contributed by atoms with Gasteiger partial charge in [-0.25, -0.2) is 13.2 Å². The first-order valence-corrected chi connectivity index (χ1v) is 8.75. The number of carboxylic acids is 1. The van der Waals surface area contributed by atoms with Crippen LogP contribution in [0, 0.1) is 13.8 Å². The Morgan fingerprint density at radius 2 is 1.87 bits per heavy atom. The Balaban J connectivity index is 2.40. The molecule has 8 heteroatoms. The molecule has 0 saturated carbocycles. The molecule has 0 unspecified atom stereocenters. The smallest absolute Gasteiger partial charge is 0.336 e. The van der Waals surface area contributed by atoms with Gasteiger partial charge in [0.15, 0.2) is 0 Å². The van der Waals surface area contributed by atoms with E-state index in [1.165, 1.54) is 28.3 Å². The largest absolute Gasteiger partial charge is 0.478 e. The number of carbonyl (C=O) groups excluding carboxylic acids is 1. The predicted octanol–water partition coefficient (Wildman–Crippen LogP) is 1.20. The highest BCUT2D eigenvalue weighted by molar-refractivity contribution is 7.89. The van der Waals surface area contributed by atoms with Gasteiger partial charge < -0.3 is 10.0 Å². The Kier molecular flexibility index (Phi) is 4.76. The summed E-state index contributed by atoms with van der Waals surface area (Å²) < 4.78 is 26.8. The Bertz CT molecular complexity index is 757. The minimum Gasteiger partial charge on any atom is -0.478 e. The second-order valence-electron chi connectivity index (χ2n) is 5.52. The molecule has 1 aromatic rings. The van der Waals surface area contributed by atoms with Crippen molar-refractivity contribution in [3.8, 4) is 0 Å². The van der Waals surface area contributed by atoms with Gasteiger partial charge in [-0.15, -0.1) is 0 Å². The van der Waals surface area contributed by atoms with Crippen LogP contribution in [0.25, 0.3) is 0 Å². The van der Waals surface area contributed by atoms with E-state index in [0.29, 0.717) is 18.5 Å². The van der Waals surface area contributed by atoms with Gasteiger partial charge in [0.25, 0.3) is 0 Å². The zero-order chi connectivity index (χ0) is 17.4. The molecule has 2 rings (SSSR count). The Hall–Kier alpha value is -1.93. The number of carboxylic acid groups (broad SMARTS) is 1. The maximum atomic E-state index is 12.8. The van der Waals surface area contributed by atoms with Crippen molar-refractivity contribution in [1.82, 2.24) is 9.21 Å². The van der Waals surface area contributed by atoms with Crippen molar-refractivity contribution >= 4 is 21.9 Å². The van der Waals surface area contributed by atoms with E-state index in [4.69, 9.17) is 0 Å². The summed E-state index contributed by atoms with van der Waals surface area (Å²) >= 11 is 0. The zero-order valence-corrected chi connectivity index (χ0v) is 14.2. The van der Waals surface area contributed by atoms with Crippen LogP contribution in [0.15, 0.2) is 17.0 Å². The minimum atomic E-state index is -3.84. The molecule has 1 fully saturated rings. The Morgan fingerprint density at radius 1 is 1.22 bits per heavy atom. The summed E-state index contributed by atoms with van der Waals surface area (Å²) in [6, 6.07) is 2.92. The average molecular weight is 340 g/mol. The quantitative estimate of drug-likeness (QED) is 0.889. The molecule has 0 aliphatic carbocycles. The molecular formula is C15H20N2O5S. The zero-order valence-electron chi connectivity index (χ0n) is 13.4. The summed E-state index contributed by atoms with van der Waals surface area (Å²) in [6.45, 7) is 5.42. The number of carbonyl (C=O) groups is 2. The molecular weight excluding hydrogens is 320 g/mol. The fraction of sp³-hybridized carbons (Fsp3) is 0.467. The number of sulfonamides is 1. The molecule has 1 amide bonds. The summed E-state index contributed by atoms with van der Waals surface area (Å²) in [5.41, 5.74) is 0.739. The number of benzene rings is 1. The number of hydrogen-bond acceptors (Lipinski definition) is 4. The maximum Gasteiger partial charge on any atom is 0.336 e. The molecule has 23 heavy (non-hydrogen) atoms. The lowest BCUT2D eigenvalue weighted by molar-refractivity contribution is -0.130. The summed E-state index contributed by atoms with van der Waals surface area (Å²) in [6.07, 6.45) is 0.320. The van der Waals surface area contributed by atoms with Crippen molar-refractivity contribution in [3.05, 3.63) is 28.8 Å². The summed E-state index contributed by atoms with van der Waals surface area (Å²) in [5, 5.41) is 9.29. The van der Waals surface area contributed by atoms with E-state index < -0.39 is 16.0 Å². The van der Waals surface area contributed by atoms with Gasteiger partial charge in [0, 0.05) is 19.5 Å². The second-order valence-corrected chi connectivity index (χ2v) is 7.42. The lowest BCUT2D eigenvalue weighted by Gasteiger charge is -2.20. The van der Waals surface area contributed by atoms with Crippen LogP contribution in [0.5, 0.6) is 0 Å². The van der Waals surface area contributed by atoms with E-state index in [1.54, 1.807) is 13.8 Å². The molecule has 0 atom stereocenters. The van der Waals surface area contributed by atoms with Gasteiger partial charge in [-0.2, -0.15) is 4.31 Å². The van der Waals surface area contributed by atoms with Crippen molar-refractivity contribution in [2.75, 3.05) is 19.8 Å². The molecule has 1 aliphatic heterocycles. The number of aromatic carboxylic acids is 1. The third-order valence-corrected chi connectivity index (χ3v) is 6.03. The van der Waals surface area contributed by atoms with Crippen molar-refractivity contribution < 1.29 is 23.1 Å². The highest BCUT2D eigenvalue weighted by Gasteiger charge is 2.34. The normalized spacial score (nSPS) is 15.9. The first-order valence-electron chi connectivity index (χ1n) is 7.31. The van der Waals surface area contributed by atoms with Crippen molar-refractivity contribution in [1.29, 1.82) is 0 Å². The monoisotopic (exact) mass is 340 g/mol. The summed E-state index contributed by atoms with van der Waals surface area (Å²) in [4.78, 5) is 24.5. The summed E-state index contributed by atoms with van der Waals surface area (Å²) in [7, 11) is -3.84. The topological polar surface area (TPSA) is 95.0 Å². The molecule has 126 valence electrons. The Labute approximate surface area is 135 Å². The predicted molar refractivity (Wildman–Crippen MR) is 83.6 cm³/mol. The van der Waals surface area contributed by atoms with Crippen LogP contribution in [-0.2, 0) is 14.8 Å². The van der Waals surface area contributed by atoms with Gasteiger partial charge in [0.05, 0.1) is 17.1 Å². The van der Waals surface area contributed by atoms with Gasteiger partial charge in [0.2, 0.25) is 15.9 Å². The van der Waals surface area contributed by atoms with Crippen molar-refractivity contribution in [2.45, 2.75) is 32.1 Å². The molecule has 0 bridgehead atoms. The lowest BCUT2D eigenvalue weighted by Crippen LogP contribution is -2.34. The number of aryl methyl sites for hydroxylation is 1. The molecule has 0 radical (unpaired) electrons. The molecule has 7 nitrogen and oxygen atoms in total. The van der Waals surface area contributed by atoms with Crippen molar-refractivity contribution in [2.24, 2.45) is 0 Å². The highest BCUT2D eigenvalue weighted by atomic mass is 32.2. The van der Waals surface area contributed by atoms with Crippen molar-refractivity contribution in [3.63, 3.8) is 0 Å². The van der Waals surface area contributed by atoms with Crippen LogP contribution in [0.1, 0.15) is 34.8 Å². The molecule has 1 N–H and O–H groups in total. The molecule has 0 spiro atoms. The van der Waals surface area contributed by atoms with Crippen LogP contribution in [0.3, 0.4) is 0 Å². The summed E-state index contributed by atoms with van der Waals surface area (Å²) in [5.74, 6) is -1.25. The third-order valence-electron chi connectivity index (χ3n) is 4.06. The molecule has 1 aromatic carbocycles. The molecule has 1 saturated heterocycles. The molecule has 0 aromatic heterocycles. The fourth-order valence-electron chi connectivity index (χ4n) is 2.76. The van der Waals surface area contributed by atoms with Crippen LogP contribution in [0.4, 0.5) is 0 Å². The van der Waals surface area contributed by atoms with E-state index in [-0.39, 0.29) is 35.1 Å². The van der Waals surface area contributed by atoms with Gasteiger partial charge in [-0.3, -0.25) is 4.79 Å². The van der Waals surface area contributed by atoms with Gasteiger partial charge in [-0.1, -0.05) is 13.0 Å². The van der Waals surface area contributed by atoms with Crippen LogP contribution in [-0.4, -0.2) is 54.4 Å². The van der Waals surface area contributed by atoms with Gasteiger partial charge in [0.1, 0.15) is 0 Å². The van der Waals surface area contributed by atoms with Gasteiger partial charge in [-0.05, 0) is 31.0 Å². The highest BCUT2D eigenvalue weighted by Crippen LogP contribution is 2.26. The number of amides is 1. The molecule has 1 aliphatic rings. The number of rotatable bonds is 4. The first-order chi connectivity index (χ1) is 10.7. The standard InChI is InChI=1S/C15H20N2O5S/c1-4-13(18)16-7-8-17(9-16)23(21,22)12-6-5-10(2)14(11(12)3)15(19)20/h5-6H,4,7-9H2,1-3H3,(H,19,20). The number of hydrogen-bond donors (Lipinski definition) is 1. The van der Waals surface area contributed by atoms with E-state index in [9.17, 15) is 23.1 Å². The van der Waals surface area contributed by atoms with Crippen LogP contribution < -0.4 is 0 Å². The third kappa shape index (κ3) is 3.09. The van der Waals surface area contributed by atoms with Crippen LogP contribution >= 0.6 is 0 Å². The van der Waals surface area contributed by atoms with E-state index in [0.717, 1.165) is 0 Å². The number of nitrogens with zero attached hydrogens (tertiary/aromatic N) is 2.